The summed E-state index contributed by atoms with van der Waals surface area (Å²) in [6.07, 6.45) is 11.0. The van der Waals surface area contributed by atoms with Crippen LogP contribution in [0.1, 0.15) is 72.1 Å². The van der Waals surface area contributed by atoms with Crippen LogP contribution in [0.4, 0.5) is 0 Å². The summed E-state index contributed by atoms with van der Waals surface area (Å²) in [5.74, 6) is -0.444. The third kappa shape index (κ3) is 7.33. The van der Waals surface area contributed by atoms with Gasteiger partial charge in [0.2, 0.25) is 0 Å². The largest absolute Gasteiger partial charge is 0.462 e. The SMILES string of the molecule is CCCCCOC(=O)C1=C(C(=O)OCCCCC)CCC(C)C=C1. The molecule has 0 amide bonds. The van der Waals surface area contributed by atoms with Gasteiger partial charge in [-0.3, -0.25) is 0 Å². The third-order valence-electron chi connectivity index (χ3n) is 4.19. The maximum Gasteiger partial charge on any atom is 0.338 e. The van der Waals surface area contributed by atoms with E-state index in [9.17, 15) is 9.59 Å². The minimum absolute atomic E-state index is 0.332. The molecule has 136 valence electrons. The van der Waals surface area contributed by atoms with Crippen LogP contribution in [-0.2, 0) is 19.1 Å². The Balaban J connectivity index is 2.74. The summed E-state index contributed by atoms with van der Waals surface area (Å²) in [5, 5.41) is 0. The topological polar surface area (TPSA) is 52.6 Å². The van der Waals surface area contributed by atoms with Gasteiger partial charge in [0.15, 0.2) is 0 Å². The monoisotopic (exact) mass is 336 g/mol. The fraction of sp³-hybridized carbons (Fsp3) is 0.700. The molecule has 0 fully saturated rings. The number of esters is 2. The summed E-state index contributed by atoms with van der Waals surface area (Å²) >= 11 is 0. The first-order valence-corrected chi connectivity index (χ1v) is 9.35. The van der Waals surface area contributed by atoms with Gasteiger partial charge >= 0.3 is 11.9 Å². The van der Waals surface area contributed by atoms with Crippen LogP contribution < -0.4 is 0 Å². The summed E-state index contributed by atoms with van der Waals surface area (Å²) in [5.41, 5.74) is 0.837. The number of hydrogen-bond donors (Lipinski definition) is 0. The highest BCUT2D eigenvalue weighted by Gasteiger charge is 2.24. The van der Waals surface area contributed by atoms with Gasteiger partial charge in [0, 0.05) is 0 Å². The third-order valence-corrected chi connectivity index (χ3v) is 4.19. The second-order valence-electron chi connectivity index (χ2n) is 6.45. The van der Waals surface area contributed by atoms with Crippen molar-refractivity contribution in [2.75, 3.05) is 13.2 Å². The summed E-state index contributed by atoms with van der Waals surface area (Å²) in [4.78, 5) is 24.8. The molecule has 0 bridgehead atoms. The van der Waals surface area contributed by atoms with Gasteiger partial charge < -0.3 is 9.47 Å². The number of unbranched alkanes of at least 4 members (excludes halogenated alkanes) is 4. The number of carbonyl (C=O) groups excluding carboxylic acids is 2. The van der Waals surface area contributed by atoms with Crippen molar-refractivity contribution in [3.8, 4) is 0 Å². The molecule has 1 atom stereocenters. The maximum absolute atomic E-state index is 12.4. The molecular weight excluding hydrogens is 304 g/mol. The van der Waals surface area contributed by atoms with Crippen LogP contribution in [0.3, 0.4) is 0 Å². The number of rotatable bonds is 10. The molecule has 4 heteroatoms. The Morgan fingerprint density at radius 2 is 1.58 bits per heavy atom. The van der Waals surface area contributed by atoms with E-state index in [2.05, 4.69) is 20.8 Å². The predicted molar refractivity (Wildman–Crippen MR) is 95.5 cm³/mol. The van der Waals surface area contributed by atoms with E-state index in [0.29, 0.717) is 36.7 Å². The van der Waals surface area contributed by atoms with E-state index in [4.69, 9.17) is 9.47 Å². The van der Waals surface area contributed by atoms with Crippen molar-refractivity contribution < 1.29 is 19.1 Å². The molecule has 24 heavy (non-hydrogen) atoms. The first-order chi connectivity index (χ1) is 11.6. The normalized spacial score (nSPS) is 17.5. The molecule has 0 radical (unpaired) electrons. The lowest BCUT2D eigenvalue weighted by atomic mass is 10.0. The van der Waals surface area contributed by atoms with Gasteiger partial charge in [0.05, 0.1) is 24.4 Å². The Bertz CT molecular complexity index is 462. The highest BCUT2D eigenvalue weighted by molar-refractivity contribution is 6.02. The molecule has 1 aliphatic carbocycles. The molecule has 0 aromatic carbocycles. The molecule has 0 saturated carbocycles. The zero-order valence-electron chi connectivity index (χ0n) is 15.4. The van der Waals surface area contributed by atoms with Gasteiger partial charge in [0.25, 0.3) is 0 Å². The molecular formula is C20H32O4. The van der Waals surface area contributed by atoms with Gasteiger partial charge in [-0.25, -0.2) is 9.59 Å². The highest BCUT2D eigenvalue weighted by Crippen LogP contribution is 2.24. The van der Waals surface area contributed by atoms with Crippen molar-refractivity contribution in [2.24, 2.45) is 5.92 Å². The minimum atomic E-state index is -0.406. The van der Waals surface area contributed by atoms with Gasteiger partial charge in [-0.2, -0.15) is 0 Å². The number of ether oxygens (including phenoxy) is 2. The molecule has 4 nitrogen and oxygen atoms in total. The van der Waals surface area contributed by atoms with Gasteiger partial charge in [-0.1, -0.05) is 58.6 Å². The molecule has 0 aromatic rings. The molecule has 0 saturated heterocycles. The molecule has 1 unspecified atom stereocenters. The van der Waals surface area contributed by atoms with Gasteiger partial charge in [0.1, 0.15) is 0 Å². The second kappa shape index (κ2) is 11.9. The number of hydrogen-bond acceptors (Lipinski definition) is 4. The molecule has 1 aliphatic rings. The first kappa shape index (κ1) is 20.5. The van der Waals surface area contributed by atoms with Crippen molar-refractivity contribution >= 4 is 11.9 Å². The van der Waals surface area contributed by atoms with E-state index < -0.39 is 5.97 Å². The van der Waals surface area contributed by atoms with Gasteiger partial charge in [-0.15, -0.1) is 0 Å². The van der Waals surface area contributed by atoms with Crippen molar-refractivity contribution in [1.29, 1.82) is 0 Å². The Morgan fingerprint density at radius 1 is 1.00 bits per heavy atom. The average molecular weight is 336 g/mol. The molecule has 0 aromatic heterocycles. The lowest BCUT2D eigenvalue weighted by molar-refractivity contribution is -0.142. The predicted octanol–water partition coefficient (Wildman–Crippen LogP) is 4.74. The Hall–Kier alpha value is -1.58. The molecule has 0 spiro atoms. The highest BCUT2D eigenvalue weighted by atomic mass is 16.5. The van der Waals surface area contributed by atoms with Crippen molar-refractivity contribution in [2.45, 2.75) is 72.1 Å². The second-order valence-corrected chi connectivity index (χ2v) is 6.45. The molecule has 0 N–H and O–H groups in total. The summed E-state index contributed by atoms with van der Waals surface area (Å²) in [7, 11) is 0. The van der Waals surface area contributed by atoms with E-state index in [-0.39, 0.29) is 5.97 Å². The van der Waals surface area contributed by atoms with Gasteiger partial charge in [-0.05, 0) is 31.6 Å². The maximum atomic E-state index is 12.4. The average Bonchev–Trinajstić information content (AvgIpc) is 2.77. The zero-order chi connectivity index (χ0) is 17.8. The van der Waals surface area contributed by atoms with Crippen LogP contribution >= 0.6 is 0 Å². The smallest absolute Gasteiger partial charge is 0.338 e. The zero-order valence-corrected chi connectivity index (χ0v) is 15.4. The van der Waals surface area contributed by atoms with E-state index in [1.54, 1.807) is 6.08 Å². The Labute approximate surface area is 146 Å². The first-order valence-electron chi connectivity index (χ1n) is 9.35. The van der Waals surface area contributed by atoms with E-state index in [1.807, 2.05) is 6.08 Å². The van der Waals surface area contributed by atoms with Crippen LogP contribution in [0, 0.1) is 5.92 Å². The molecule has 1 rings (SSSR count). The molecule has 0 heterocycles. The van der Waals surface area contributed by atoms with Crippen LogP contribution in [0.5, 0.6) is 0 Å². The van der Waals surface area contributed by atoms with Crippen molar-refractivity contribution in [3.63, 3.8) is 0 Å². The quantitative estimate of drug-likeness (QED) is 0.427. The lowest BCUT2D eigenvalue weighted by Crippen LogP contribution is -2.16. The Kier molecular flexibility index (Phi) is 10.1. The summed E-state index contributed by atoms with van der Waals surface area (Å²) < 4.78 is 10.7. The van der Waals surface area contributed by atoms with Crippen LogP contribution in [-0.4, -0.2) is 25.2 Å². The van der Waals surface area contributed by atoms with Crippen LogP contribution in [0.25, 0.3) is 0 Å². The van der Waals surface area contributed by atoms with Crippen LogP contribution in [0.15, 0.2) is 23.3 Å². The molecule has 0 aliphatic heterocycles. The summed E-state index contributed by atoms with van der Waals surface area (Å²) in [6.45, 7) is 7.10. The minimum Gasteiger partial charge on any atom is -0.462 e. The van der Waals surface area contributed by atoms with Crippen molar-refractivity contribution in [1.82, 2.24) is 0 Å². The fourth-order valence-corrected chi connectivity index (χ4v) is 2.57. The number of carbonyl (C=O) groups is 2. The standard InChI is InChI=1S/C20H32O4/c1-4-6-8-14-23-19(21)17-12-10-16(3)11-13-18(17)20(22)24-15-9-7-5-2/h10,12,16H,4-9,11,13-15H2,1-3H3. The van der Waals surface area contributed by atoms with Crippen LogP contribution in [0.2, 0.25) is 0 Å². The lowest BCUT2D eigenvalue weighted by Gasteiger charge is -2.11. The van der Waals surface area contributed by atoms with E-state index >= 15 is 0 Å². The Morgan fingerprint density at radius 3 is 2.17 bits per heavy atom. The summed E-state index contributed by atoms with van der Waals surface area (Å²) in [6, 6.07) is 0. The van der Waals surface area contributed by atoms with E-state index in [0.717, 1.165) is 44.9 Å². The van der Waals surface area contributed by atoms with E-state index in [1.165, 1.54) is 0 Å². The van der Waals surface area contributed by atoms with Crippen molar-refractivity contribution in [3.05, 3.63) is 23.3 Å². The number of allylic oxidation sites excluding steroid dienone is 1. The fourth-order valence-electron chi connectivity index (χ4n) is 2.57.